The minimum Gasteiger partial charge on any atom is -0.497 e. The second kappa shape index (κ2) is 17.9. The summed E-state index contributed by atoms with van der Waals surface area (Å²) in [5.74, 6) is 2.03. The summed E-state index contributed by atoms with van der Waals surface area (Å²) in [6, 6.07) is 8.13. The molecule has 11 nitrogen and oxygen atoms in total. The summed E-state index contributed by atoms with van der Waals surface area (Å²) in [5, 5.41) is 33.7. The maximum Gasteiger partial charge on any atom is 0.247 e. The van der Waals surface area contributed by atoms with Crippen LogP contribution < -0.4 is 24.3 Å². The molecule has 258 valence electrons. The molecule has 0 aromatic heterocycles. The van der Waals surface area contributed by atoms with Gasteiger partial charge in [0.05, 0.1) is 44.2 Å². The highest BCUT2D eigenvalue weighted by Gasteiger charge is 2.41. The number of nitrogens with zero attached hydrogens (tertiary/aromatic N) is 1. The van der Waals surface area contributed by atoms with Crippen LogP contribution in [0, 0.1) is 9.49 Å². The maximum atomic E-state index is 14.1. The number of carbonyl (C=O) groups is 2. The van der Waals surface area contributed by atoms with Crippen LogP contribution in [0.15, 0.2) is 42.0 Å². The Morgan fingerprint density at radius 3 is 2.43 bits per heavy atom. The van der Waals surface area contributed by atoms with Gasteiger partial charge in [0.2, 0.25) is 11.8 Å². The summed E-state index contributed by atoms with van der Waals surface area (Å²) in [5.41, 5.74) is 1.82. The standard InChI is InChI=1S/C35H47IN2O9/c1-44-26-9-10-29(45-2)24(18-26)12-14-38(32(41)11-8-22-6-4-5-7-22)28-19-25(35(43)37-13-15-39)20-30(33(28)42)47-34-27(36)16-23(21-40)17-31(34)46-3/h9-10,16-18,20,22,28,30,33,39-40,42H,4-8,11-15,19,21H2,1-3H3,(H,37,43). The fraction of sp³-hybridized carbons (Fsp3) is 0.543. The molecule has 2 aromatic rings. The first kappa shape index (κ1) is 36.8. The van der Waals surface area contributed by atoms with Crippen molar-refractivity contribution in [1.82, 2.24) is 10.2 Å². The van der Waals surface area contributed by atoms with Crippen LogP contribution in [0.25, 0.3) is 0 Å². The van der Waals surface area contributed by atoms with Gasteiger partial charge in [-0.15, -0.1) is 0 Å². The molecular formula is C35H47IN2O9. The van der Waals surface area contributed by atoms with Crippen molar-refractivity contribution in [3.05, 3.63) is 56.7 Å². The summed E-state index contributed by atoms with van der Waals surface area (Å²) in [6.45, 7) is -0.0976. The SMILES string of the molecule is COc1ccc(OC)c(CCN(C(=O)CCC2CCCC2)C2CC(C(=O)NCCO)=CC(Oc3c(I)cc(CO)cc3OC)C2O)c1. The number of halogens is 1. The van der Waals surface area contributed by atoms with Crippen LogP contribution in [0.2, 0.25) is 0 Å². The summed E-state index contributed by atoms with van der Waals surface area (Å²) in [6.07, 6.45) is 5.59. The van der Waals surface area contributed by atoms with Gasteiger partial charge in [0.1, 0.15) is 23.7 Å². The molecule has 12 heteroatoms. The van der Waals surface area contributed by atoms with Crippen molar-refractivity contribution < 1.29 is 43.9 Å². The van der Waals surface area contributed by atoms with E-state index in [1.807, 2.05) is 18.2 Å². The van der Waals surface area contributed by atoms with Crippen molar-refractivity contribution in [2.75, 3.05) is 41.0 Å². The Morgan fingerprint density at radius 1 is 1.02 bits per heavy atom. The summed E-state index contributed by atoms with van der Waals surface area (Å²) in [7, 11) is 4.67. The zero-order valence-electron chi connectivity index (χ0n) is 27.4. The van der Waals surface area contributed by atoms with Crippen LogP contribution in [-0.4, -0.2) is 91.3 Å². The monoisotopic (exact) mass is 766 g/mol. The second-order valence-corrected chi connectivity index (χ2v) is 13.1. The Morgan fingerprint density at radius 2 is 1.77 bits per heavy atom. The number of nitrogens with one attached hydrogen (secondary N) is 1. The quantitative estimate of drug-likeness (QED) is 0.188. The van der Waals surface area contributed by atoms with Crippen molar-refractivity contribution in [2.24, 2.45) is 5.92 Å². The molecule has 3 unspecified atom stereocenters. The lowest BCUT2D eigenvalue weighted by Crippen LogP contribution is -2.55. The van der Waals surface area contributed by atoms with Crippen molar-refractivity contribution in [3.8, 4) is 23.0 Å². The predicted molar refractivity (Wildman–Crippen MR) is 185 cm³/mol. The average Bonchev–Trinajstić information content (AvgIpc) is 3.62. The van der Waals surface area contributed by atoms with E-state index >= 15 is 0 Å². The van der Waals surface area contributed by atoms with Gasteiger partial charge in [-0.3, -0.25) is 9.59 Å². The van der Waals surface area contributed by atoms with Gasteiger partial charge in [0.15, 0.2) is 11.5 Å². The number of ether oxygens (including phenoxy) is 4. The van der Waals surface area contributed by atoms with Gasteiger partial charge in [-0.05, 0) is 88.9 Å². The van der Waals surface area contributed by atoms with Crippen molar-refractivity contribution in [1.29, 1.82) is 0 Å². The Hall–Kier alpha value is -3.07. The summed E-state index contributed by atoms with van der Waals surface area (Å²) in [4.78, 5) is 29.1. The number of benzene rings is 2. The zero-order chi connectivity index (χ0) is 33.9. The number of aliphatic hydroxyl groups excluding tert-OH is 3. The minimum absolute atomic E-state index is 0.0585. The Balaban J connectivity index is 1.69. The first-order valence-electron chi connectivity index (χ1n) is 16.1. The lowest BCUT2D eigenvalue weighted by Gasteiger charge is -2.41. The number of amides is 2. The topological polar surface area (TPSA) is 147 Å². The smallest absolute Gasteiger partial charge is 0.247 e. The zero-order valence-corrected chi connectivity index (χ0v) is 29.5. The highest BCUT2D eigenvalue weighted by Crippen LogP contribution is 2.38. The molecule has 47 heavy (non-hydrogen) atoms. The lowest BCUT2D eigenvalue weighted by atomic mass is 9.87. The third-order valence-electron chi connectivity index (χ3n) is 9.01. The minimum atomic E-state index is -1.19. The van der Waals surface area contributed by atoms with E-state index in [0.717, 1.165) is 24.8 Å². The van der Waals surface area contributed by atoms with Gasteiger partial charge >= 0.3 is 0 Å². The van der Waals surface area contributed by atoms with E-state index in [9.17, 15) is 24.9 Å². The normalized spacial score (nSPS) is 19.6. The third kappa shape index (κ3) is 9.52. The first-order valence-corrected chi connectivity index (χ1v) is 17.2. The van der Waals surface area contributed by atoms with E-state index in [1.165, 1.54) is 20.0 Å². The molecule has 2 aromatic carbocycles. The highest BCUT2D eigenvalue weighted by atomic mass is 127. The van der Waals surface area contributed by atoms with E-state index in [-0.39, 0.29) is 38.6 Å². The molecule has 4 N–H and O–H groups in total. The molecule has 0 heterocycles. The summed E-state index contributed by atoms with van der Waals surface area (Å²) < 4.78 is 23.6. The van der Waals surface area contributed by atoms with Crippen LogP contribution in [-0.2, 0) is 22.6 Å². The van der Waals surface area contributed by atoms with Gasteiger partial charge < -0.3 is 44.5 Å². The molecule has 1 saturated carbocycles. The molecule has 2 aliphatic rings. The van der Waals surface area contributed by atoms with Gasteiger partial charge in [-0.25, -0.2) is 0 Å². The van der Waals surface area contributed by atoms with E-state index < -0.39 is 24.2 Å². The van der Waals surface area contributed by atoms with Crippen LogP contribution >= 0.6 is 22.6 Å². The second-order valence-electron chi connectivity index (χ2n) is 12.0. The molecular weight excluding hydrogens is 719 g/mol. The number of hydrogen-bond donors (Lipinski definition) is 4. The molecule has 2 amide bonds. The van der Waals surface area contributed by atoms with E-state index in [2.05, 4.69) is 27.9 Å². The van der Waals surface area contributed by atoms with Crippen LogP contribution in [0.4, 0.5) is 0 Å². The molecule has 1 fully saturated rings. The number of aliphatic hydroxyl groups is 3. The number of methoxy groups -OCH3 is 3. The molecule has 0 spiro atoms. The summed E-state index contributed by atoms with van der Waals surface area (Å²) >= 11 is 2.08. The first-order chi connectivity index (χ1) is 22.7. The Bertz CT molecular complexity index is 1400. The van der Waals surface area contributed by atoms with Crippen molar-refractivity contribution >= 4 is 34.4 Å². The van der Waals surface area contributed by atoms with Gasteiger partial charge in [0.25, 0.3) is 0 Å². The largest absolute Gasteiger partial charge is 0.497 e. The van der Waals surface area contributed by atoms with Gasteiger partial charge in [-0.2, -0.15) is 0 Å². The van der Waals surface area contributed by atoms with Gasteiger partial charge in [-0.1, -0.05) is 25.7 Å². The highest BCUT2D eigenvalue weighted by molar-refractivity contribution is 14.1. The fourth-order valence-corrected chi connectivity index (χ4v) is 7.25. The molecule has 4 rings (SSSR count). The number of hydrogen-bond acceptors (Lipinski definition) is 9. The molecule has 0 bridgehead atoms. The van der Waals surface area contributed by atoms with Crippen LogP contribution in [0.1, 0.15) is 56.1 Å². The van der Waals surface area contributed by atoms with Crippen LogP contribution in [0.5, 0.6) is 23.0 Å². The third-order valence-corrected chi connectivity index (χ3v) is 9.81. The lowest BCUT2D eigenvalue weighted by molar-refractivity contribution is -0.138. The Kier molecular flexibility index (Phi) is 14.0. The molecule has 0 radical (unpaired) electrons. The predicted octanol–water partition coefficient (Wildman–Crippen LogP) is 3.77. The van der Waals surface area contributed by atoms with Crippen molar-refractivity contribution in [3.63, 3.8) is 0 Å². The number of carbonyl (C=O) groups excluding carboxylic acids is 2. The van der Waals surface area contributed by atoms with E-state index in [4.69, 9.17) is 18.9 Å². The Labute approximate surface area is 290 Å². The molecule has 2 aliphatic carbocycles. The van der Waals surface area contributed by atoms with Crippen molar-refractivity contribution in [2.45, 2.75) is 76.2 Å². The van der Waals surface area contributed by atoms with E-state index in [1.54, 1.807) is 37.3 Å². The number of rotatable bonds is 16. The molecule has 0 saturated heterocycles. The molecule has 3 atom stereocenters. The van der Waals surface area contributed by atoms with Gasteiger partial charge in [0, 0.05) is 31.5 Å². The van der Waals surface area contributed by atoms with E-state index in [0.29, 0.717) is 56.5 Å². The molecule has 0 aliphatic heterocycles. The maximum absolute atomic E-state index is 14.1. The average molecular weight is 767 g/mol. The fourth-order valence-electron chi connectivity index (χ4n) is 6.46. The van der Waals surface area contributed by atoms with Crippen LogP contribution in [0.3, 0.4) is 0 Å².